The van der Waals surface area contributed by atoms with Crippen LogP contribution in [0.15, 0.2) is 21.9 Å². The molecule has 1 aromatic heterocycles. The Balaban J connectivity index is 2.10. The molecule has 16 heteroatoms. The number of H-pyrrole nitrogens is 1. The number of carbonyl (C=O) groups is 2. The Morgan fingerprint density at radius 3 is 2.55 bits per heavy atom. The Bertz CT molecular complexity index is 1150. The smallest absolute Gasteiger partial charge is 0.330 e. The Morgan fingerprint density at radius 1 is 1.32 bits per heavy atom. The lowest BCUT2D eigenvalue weighted by Crippen LogP contribution is -2.36. The third-order valence-corrected chi connectivity index (χ3v) is 9.55. The van der Waals surface area contributed by atoms with Gasteiger partial charge in [-0.2, -0.15) is 0 Å². The predicted molar refractivity (Wildman–Crippen MR) is 151 cm³/mol. The zero-order valence-electron chi connectivity index (χ0n) is 22.0. The highest BCUT2D eigenvalue weighted by Gasteiger charge is 2.48. The van der Waals surface area contributed by atoms with Crippen LogP contribution in [0.4, 0.5) is 0 Å². The first kappa shape index (κ1) is 33.4. The Kier molecular flexibility index (Phi) is 12.1. The van der Waals surface area contributed by atoms with Gasteiger partial charge in [0.15, 0.2) is 15.7 Å². The van der Waals surface area contributed by atoms with Gasteiger partial charge in [-0.25, -0.2) is 9.88 Å². The van der Waals surface area contributed by atoms with Crippen LogP contribution in [0.3, 0.4) is 0 Å². The average molecular weight is 635 g/mol. The summed E-state index contributed by atoms with van der Waals surface area (Å²) in [4.78, 5) is 50.3. The minimum absolute atomic E-state index is 0.000574. The number of halogens is 2. The van der Waals surface area contributed by atoms with Crippen molar-refractivity contribution >= 4 is 64.5 Å². The lowest BCUT2D eigenvalue weighted by Gasteiger charge is -2.27. The van der Waals surface area contributed by atoms with Gasteiger partial charge in [-0.1, -0.05) is 55.7 Å². The van der Waals surface area contributed by atoms with Crippen LogP contribution >= 0.6 is 41.6 Å². The summed E-state index contributed by atoms with van der Waals surface area (Å²) in [5.74, 6) is -0.206. The summed E-state index contributed by atoms with van der Waals surface area (Å²) in [5, 5.41) is 2.92. The number of carbonyl (C=O) groups excluding carboxylic acids is 2. The highest BCUT2D eigenvalue weighted by atomic mass is 35.5. The normalized spacial score (nSPS) is 21.7. The van der Waals surface area contributed by atoms with Crippen molar-refractivity contribution in [3.05, 3.63) is 33.1 Å². The zero-order chi connectivity index (χ0) is 28.9. The van der Waals surface area contributed by atoms with E-state index in [9.17, 15) is 19.2 Å². The molecule has 1 fully saturated rings. The Morgan fingerprint density at radius 2 is 1.97 bits per heavy atom. The molecule has 4 unspecified atom stereocenters. The van der Waals surface area contributed by atoms with E-state index in [1.807, 2.05) is 20.8 Å². The van der Waals surface area contributed by atoms with Crippen LogP contribution in [0.25, 0.3) is 0 Å². The van der Waals surface area contributed by atoms with Crippen molar-refractivity contribution in [1.82, 2.24) is 14.6 Å². The molecule has 2 heterocycles. The Hall–Kier alpha value is -0.760. The Labute approximate surface area is 240 Å². The van der Waals surface area contributed by atoms with Gasteiger partial charge in [0.2, 0.25) is 0 Å². The fourth-order valence-corrected chi connectivity index (χ4v) is 7.08. The maximum Gasteiger partial charge on any atom is 0.330 e. The van der Waals surface area contributed by atoms with Crippen LogP contribution in [-0.2, 0) is 39.9 Å². The number of alkyl halides is 2. The van der Waals surface area contributed by atoms with E-state index in [1.54, 1.807) is 20.8 Å². The van der Waals surface area contributed by atoms with Gasteiger partial charge in [0.05, 0.1) is 25.4 Å². The van der Waals surface area contributed by atoms with E-state index >= 15 is 0 Å². The van der Waals surface area contributed by atoms with Crippen molar-refractivity contribution in [3.8, 4) is 0 Å². The van der Waals surface area contributed by atoms with Gasteiger partial charge < -0.3 is 18.5 Å². The quantitative estimate of drug-likeness (QED) is 0.151. The minimum atomic E-state index is -3.30. The number of esters is 1. The first-order chi connectivity index (χ1) is 17.4. The van der Waals surface area contributed by atoms with E-state index in [0.717, 1.165) is 22.4 Å². The zero-order valence-corrected chi connectivity index (χ0v) is 26.1. The molecule has 1 aliphatic rings. The number of thioether (sulfide) groups is 1. The summed E-state index contributed by atoms with van der Waals surface area (Å²) < 4.78 is 22.5. The van der Waals surface area contributed by atoms with Gasteiger partial charge in [0.25, 0.3) is 12.2 Å². The van der Waals surface area contributed by atoms with E-state index in [4.69, 9.17) is 53.5 Å². The summed E-state index contributed by atoms with van der Waals surface area (Å²) in [5.41, 5.74) is -1.81. The number of nitrogens with zero attached hydrogens (tertiary/aromatic N) is 1. The summed E-state index contributed by atoms with van der Waals surface area (Å²) in [6, 6.07) is 0.306. The largest absolute Gasteiger partial charge is 0.462 e. The highest BCUT2D eigenvalue weighted by Crippen LogP contribution is 2.49. The molecule has 4 atom stereocenters. The molecule has 2 N–H and O–H groups in total. The van der Waals surface area contributed by atoms with Crippen LogP contribution in [0.5, 0.6) is 0 Å². The molecule has 216 valence electrons. The molecule has 0 saturated carbocycles. The topological polar surface area (TPSA) is 138 Å². The fraction of sp³-hybridized carbons (Fsp3) is 0.727. The molecule has 1 saturated heterocycles. The van der Waals surface area contributed by atoms with Crippen molar-refractivity contribution in [1.29, 1.82) is 0 Å². The second-order valence-electron chi connectivity index (χ2n) is 9.94. The summed E-state index contributed by atoms with van der Waals surface area (Å²) in [6.45, 7) is 7.15. The van der Waals surface area contributed by atoms with Gasteiger partial charge in [0.1, 0.15) is 6.04 Å². The van der Waals surface area contributed by atoms with Crippen LogP contribution < -0.4 is 16.3 Å². The molecule has 0 spiro atoms. The summed E-state index contributed by atoms with van der Waals surface area (Å²) in [7, 11) is 0. The number of aromatic amines is 1. The monoisotopic (exact) mass is 633 g/mol. The summed E-state index contributed by atoms with van der Waals surface area (Å²) >= 11 is 19.6. The third-order valence-electron chi connectivity index (χ3n) is 4.96. The minimum Gasteiger partial charge on any atom is -0.462 e. The van der Waals surface area contributed by atoms with Crippen LogP contribution in [0, 0.1) is 5.41 Å². The second kappa shape index (κ2) is 13.7. The van der Waals surface area contributed by atoms with Crippen molar-refractivity contribution in [2.45, 2.75) is 76.8 Å². The van der Waals surface area contributed by atoms with E-state index in [0.29, 0.717) is 5.75 Å². The van der Waals surface area contributed by atoms with Crippen LogP contribution in [0.2, 0.25) is 0 Å². The SMILES string of the molecule is CC(C)OC(=O)C(C)NP(=S)(OCCSC(=O)C(C)(C)C)OCC1CC(Cl)(Cl)C(n2ccc(=O)[nH]c2=O)O1. The number of rotatable bonds is 12. The van der Waals surface area contributed by atoms with Gasteiger partial charge in [0, 0.05) is 29.9 Å². The van der Waals surface area contributed by atoms with Crippen LogP contribution in [-0.4, -0.2) is 62.2 Å². The molecule has 2 rings (SSSR count). The maximum atomic E-state index is 12.4. The van der Waals surface area contributed by atoms with E-state index in [2.05, 4.69) is 10.1 Å². The molecule has 11 nitrogen and oxygen atoms in total. The highest BCUT2D eigenvalue weighted by molar-refractivity contribution is 8.13. The predicted octanol–water partition coefficient (Wildman–Crippen LogP) is 3.49. The standard InChI is InChI=1S/C22H34Cl2N3O8PS2/c1-13(2)34-17(29)14(3)26-36(37,32-9-10-38-19(30)21(4,5)6)33-12-15-11-22(23,24)18(35-15)27-8-7-16(28)25-20(27)31/h7-8,13-15,18H,9-12H2,1-6H3,(H,26,37)(H,25,28,31). The average Bonchev–Trinajstić information content (AvgIpc) is 3.08. The lowest BCUT2D eigenvalue weighted by atomic mass is 10.00. The maximum absolute atomic E-state index is 12.4. The first-order valence-electron chi connectivity index (χ1n) is 11.8. The van der Waals surface area contributed by atoms with E-state index in [1.165, 1.54) is 6.20 Å². The number of ether oxygens (including phenoxy) is 2. The molecular weight excluding hydrogens is 600 g/mol. The molecule has 0 radical (unpaired) electrons. The van der Waals surface area contributed by atoms with Crippen LogP contribution in [0.1, 0.15) is 54.2 Å². The van der Waals surface area contributed by atoms with Crippen molar-refractivity contribution in [2.75, 3.05) is 19.0 Å². The van der Waals surface area contributed by atoms with E-state index < -0.39 is 52.0 Å². The summed E-state index contributed by atoms with van der Waals surface area (Å²) in [6.07, 6.45) is -0.816. The third kappa shape index (κ3) is 10.0. The van der Waals surface area contributed by atoms with Crippen molar-refractivity contribution in [3.63, 3.8) is 0 Å². The van der Waals surface area contributed by atoms with Gasteiger partial charge >= 0.3 is 11.7 Å². The molecular formula is C22H34Cl2N3O8PS2. The molecule has 0 aliphatic carbocycles. The molecule has 1 aromatic rings. The number of aromatic nitrogens is 2. The lowest BCUT2D eigenvalue weighted by molar-refractivity contribution is -0.149. The molecule has 38 heavy (non-hydrogen) atoms. The van der Waals surface area contributed by atoms with Gasteiger partial charge in [-0.05, 0) is 32.6 Å². The number of hydrogen-bond donors (Lipinski definition) is 2. The van der Waals surface area contributed by atoms with Gasteiger partial charge in [-0.3, -0.25) is 23.9 Å². The fourth-order valence-electron chi connectivity index (χ4n) is 3.14. The molecule has 0 aromatic carbocycles. The number of hydrogen-bond acceptors (Lipinski definition) is 10. The first-order valence-corrected chi connectivity index (χ1v) is 16.2. The molecule has 1 aliphatic heterocycles. The van der Waals surface area contributed by atoms with Gasteiger partial charge in [-0.15, -0.1) is 0 Å². The molecule has 0 bridgehead atoms. The van der Waals surface area contributed by atoms with Crippen molar-refractivity contribution in [2.24, 2.45) is 5.41 Å². The number of nitrogens with one attached hydrogen (secondary N) is 2. The molecule has 0 amide bonds. The second-order valence-corrected chi connectivity index (χ2v) is 15.8. The van der Waals surface area contributed by atoms with Crippen molar-refractivity contribution < 1.29 is 28.1 Å². The van der Waals surface area contributed by atoms with E-state index in [-0.39, 0.29) is 30.9 Å².